The summed E-state index contributed by atoms with van der Waals surface area (Å²) in [6.07, 6.45) is 26.9. The Bertz CT molecular complexity index is 1150. The Morgan fingerprint density at radius 1 is 0.909 bits per heavy atom. The van der Waals surface area contributed by atoms with Crippen molar-refractivity contribution in [3.8, 4) is 0 Å². The average molecular weight is 653 g/mol. The van der Waals surface area contributed by atoms with Crippen LogP contribution in [0.1, 0.15) is 140 Å². The zero-order valence-corrected chi connectivity index (χ0v) is 32.2. The van der Waals surface area contributed by atoms with Crippen LogP contribution in [0.5, 0.6) is 0 Å². The lowest BCUT2D eigenvalue weighted by atomic mass is 9.94. The summed E-state index contributed by atoms with van der Waals surface area (Å²) < 4.78 is 0. The van der Waals surface area contributed by atoms with E-state index in [9.17, 15) is 0 Å². The Labute approximate surface area is 286 Å². The highest BCUT2D eigenvalue weighted by Crippen LogP contribution is 2.47. The number of hydrogen-bond donors (Lipinski definition) is 0. The minimum Gasteiger partial charge on any atom is -0.149 e. The van der Waals surface area contributed by atoms with Crippen LogP contribution in [0.4, 0.5) is 0 Å². The topological polar surface area (TPSA) is 0 Å². The molecule has 2 heterocycles. The predicted molar refractivity (Wildman–Crippen MR) is 208 cm³/mol. The predicted octanol–water partition coefficient (Wildman–Crippen LogP) is 15.0. The van der Waals surface area contributed by atoms with Crippen LogP contribution in [0.25, 0.3) is 6.08 Å². The van der Waals surface area contributed by atoms with Crippen LogP contribution in [-0.4, -0.2) is 5.75 Å². The van der Waals surface area contributed by atoms with Crippen molar-refractivity contribution in [3.05, 3.63) is 80.5 Å². The van der Waals surface area contributed by atoms with Gasteiger partial charge in [-0.05, 0) is 75.7 Å². The lowest BCUT2D eigenvalue weighted by Gasteiger charge is -2.16. The molecule has 0 aliphatic carbocycles. The van der Waals surface area contributed by atoms with Crippen LogP contribution < -0.4 is 0 Å². The monoisotopic (exact) mass is 652 g/mol. The van der Waals surface area contributed by atoms with Gasteiger partial charge in [-0.1, -0.05) is 153 Å². The molecule has 0 aromatic carbocycles. The van der Waals surface area contributed by atoms with Crippen LogP contribution in [0.2, 0.25) is 0 Å². The number of fused-ring (bicyclic) bond motifs is 1. The summed E-state index contributed by atoms with van der Waals surface area (Å²) in [5, 5.41) is 0.438. The van der Waals surface area contributed by atoms with Crippen molar-refractivity contribution in [3.63, 3.8) is 0 Å². The second-order valence-electron chi connectivity index (χ2n) is 14.0. The van der Waals surface area contributed by atoms with Gasteiger partial charge < -0.3 is 0 Å². The first kappa shape index (κ1) is 39.0. The molecule has 0 amide bonds. The summed E-state index contributed by atoms with van der Waals surface area (Å²) in [6, 6.07) is 0. The van der Waals surface area contributed by atoms with Gasteiger partial charge in [-0.2, -0.15) is 0 Å². The van der Waals surface area contributed by atoms with Crippen molar-refractivity contribution in [2.24, 2.45) is 23.7 Å². The van der Waals surface area contributed by atoms with Crippen LogP contribution in [0, 0.1) is 30.6 Å². The smallest absolute Gasteiger partial charge is 0.0377 e. The lowest BCUT2D eigenvalue weighted by Crippen LogP contribution is -1.98. The highest BCUT2D eigenvalue weighted by atomic mass is 32.2. The van der Waals surface area contributed by atoms with Crippen molar-refractivity contribution in [2.45, 2.75) is 137 Å². The molecule has 0 fully saturated rings. The first-order valence-corrected chi connectivity index (χ1v) is 20.1. The average Bonchev–Trinajstić information content (AvgIpc) is 3.27. The fourth-order valence-corrected chi connectivity index (χ4v) is 9.26. The Kier molecular flexibility index (Phi) is 18.5. The maximum Gasteiger partial charge on any atom is 0.0377 e. The molecule has 0 spiro atoms. The van der Waals surface area contributed by atoms with Crippen molar-refractivity contribution < 1.29 is 0 Å². The van der Waals surface area contributed by atoms with E-state index in [1.54, 1.807) is 0 Å². The summed E-state index contributed by atoms with van der Waals surface area (Å²) >= 11 is 5.86. The van der Waals surface area contributed by atoms with Gasteiger partial charge in [-0.3, -0.25) is 0 Å². The summed E-state index contributed by atoms with van der Waals surface area (Å²) in [5.41, 5.74) is 5.28. The molecule has 1 aromatic rings. The molecule has 3 atom stereocenters. The molecule has 1 aliphatic heterocycles. The summed E-state index contributed by atoms with van der Waals surface area (Å²) in [7, 11) is 0. The molecule has 2 rings (SSSR count). The van der Waals surface area contributed by atoms with Gasteiger partial charge >= 0.3 is 0 Å². The number of rotatable bonds is 16. The number of allylic oxidation sites excluding steroid dienone is 7. The summed E-state index contributed by atoms with van der Waals surface area (Å²) in [5.74, 6) is 4.22. The molecule has 1 aromatic heterocycles. The zero-order valence-electron chi connectivity index (χ0n) is 29.8. The van der Waals surface area contributed by atoms with Gasteiger partial charge in [-0.25, -0.2) is 0 Å². The van der Waals surface area contributed by atoms with E-state index in [-0.39, 0.29) is 0 Å². The molecule has 44 heavy (non-hydrogen) atoms. The molecule has 246 valence electrons. The molecule has 3 unspecified atom stereocenters. The van der Waals surface area contributed by atoms with Gasteiger partial charge in [0.1, 0.15) is 0 Å². The molecule has 0 radical (unpaired) electrons. The first-order chi connectivity index (χ1) is 20.9. The number of aryl methyl sites for hydroxylation is 1. The van der Waals surface area contributed by atoms with E-state index in [2.05, 4.69) is 124 Å². The minimum absolute atomic E-state index is 0.438. The van der Waals surface area contributed by atoms with Gasteiger partial charge in [0.2, 0.25) is 0 Å². The third kappa shape index (κ3) is 14.5. The van der Waals surface area contributed by atoms with E-state index in [1.165, 1.54) is 82.7 Å². The van der Waals surface area contributed by atoms with Crippen LogP contribution in [0.3, 0.4) is 0 Å². The Balaban J connectivity index is 2.15. The zero-order chi connectivity index (χ0) is 32.6. The fourth-order valence-electron chi connectivity index (χ4n) is 5.62. The summed E-state index contributed by atoms with van der Waals surface area (Å²) in [4.78, 5) is 5.30. The van der Waals surface area contributed by atoms with Crippen LogP contribution >= 0.6 is 34.9 Å². The van der Waals surface area contributed by atoms with Gasteiger partial charge in [0, 0.05) is 36.1 Å². The largest absolute Gasteiger partial charge is 0.149 e. The minimum atomic E-state index is 0.438. The van der Waals surface area contributed by atoms with Gasteiger partial charge in [0.05, 0.1) is 0 Å². The second kappa shape index (κ2) is 20.9. The third-order valence-corrected chi connectivity index (χ3v) is 12.7. The van der Waals surface area contributed by atoms with E-state index in [1.807, 2.05) is 23.1 Å². The van der Waals surface area contributed by atoms with Crippen molar-refractivity contribution in [1.29, 1.82) is 0 Å². The molecule has 0 bridgehead atoms. The molecule has 0 nitrogen and oxygen atoms in total. The van der Waals surface area contributed by atoms with E-state index in [0.29, 0.717) is 5.25 Å². The van der Waals surface area contributed by atoms with Crippen molar-refractivity contribution in [2.75, 3.05) is 5.75 Å². The first-order valence-electron chi connectivity index (χ1n) is 17.4. The van der Waals surface area contributed by atoms with E-state index in [0.717, 1.165) is 52.7 Å². The number of thiophene rings is 1. The third-order valence-electron chi connectivity index (χ3n) is 8.90. The van der Waals surface area contributed by atoms with E-state index >= 15 is 0 Å². The Morgan fingerprint density at radius 2 is 1.55 bits per heavy atom. The molecule has 3 heteroatoms. The maximum absolute atomic E-state index is 4.50. The highest BCUT2D eigenvalue weighted by molar-refractivity contribution is 8.03. The Hall–Kier alpha value is -1.16. The maximum atomic E-state index is 4.50. The molecule has 0 saturated carbocycles. The van der Waals surface area contributed by atoms with Crippen LogP contribution in [0.15, 0.2) is 70.1 Å². The second-order valence-corrected chi connectivity index (χ2v) is 17.8. The number of hydrogen-bond acceptors (Lipinski definition) is 3. The Morgan fingerprint density at radius 3 is 2.16 bits per heavy atom. The summed E-state index contributed by atoms with van der Waals surface area (Å²) in [6.45, 7) is 30.0. The van der Waals surface area contributed by atoms with Gasteiger partial charge in [-0.15, -0.1) is 23.1 Å². The molecular weight excluding hydrogens is 589 g/mol. The van der Waals surface area contributed by atoms with Crippen LogP contribution in [-0.2, 0) is 0 Å². The lowest BCUT2D eigenvalue weighted by molar-refractivity contribution is 0.437. The quantitative estimate of drug-likeness (QED) is 0.163. The normalized spacial score (nSPS) is 20.4. The van der Waals surface area contributed by atoms with Crippen molar-refractivity contribution >= 4 is 40.9 Å². The van der Waals surface area contributed by atoms with E-state index in [4.69, 9.17) is 0 Å². The van der Waals surface area contributed by atoms with Gasteiger partial charge in [0.25, 0.3) is 0 Å². The number of thioether (sulfide) groups is 2. The molecule has 0 saturated heterocycles. The van der Waals surface area contributed by atoms with Gasteiger partial charge in [0.15, 0.2) is 0 Å². The van der Waals surface area contributed by atoms with Crippen molar-refractivity contribution in [1.82, 2.24) is 0 Å². The highest BCUT2D eigenvalue weighted by Gasteiger charge is 2.21. The SMILES string of the molecule is C=C1/C=C\C(CCC(C)CCCC(C)C)=C/CSC(C)c2sc(C)c(/C=C\C(=C/C)CCC(C)CCCC(C)C)c2SC1=C. The standard InChI is InChI=1S/C41H64S3/c1-12-37(22-19-31(6)17-13-15-29(2)3)25-26-39-35(10)44-40-36(11)42-28-27-38(23-20-32(7)18-14-16-30(4)5)24-21-33(8)34(9)43-41(39)40/h12,21,24-27,29-32,36H,8-9,13-20,22-23,28H2,1-7,10-11H3/b24-21-,26-25-,37-12-,38-27-. The molecule has 1 aliphatic rings. The fraction of sp³-hybridized carbons (Fsp3) is 0.610. The molecule has 0 N–H and O–H groups in total. The molecular formula is C41H64S3. The van der Waals surface area contributed by atoms with E-state index < -0.39 is 0 Å².